The number of carbonyl (C=O) groups excluding carboxylic acids is 1. The van der Waals surface area contributed by atoms with E-state index >= 15 is 0 Å². The molecule has 1 nitrogen and oxygen atoms in total. The van der Waals surface area contributed by atoms with Crippen LogP contribution in [0.2, 0.25) is 5.02 Å². The van der Waals surface area contributed by atoms with Crippen LogP contribution in [0.25, 0.3) is 0 Å². The second kappa shape index (κ2) is 4.52. The molecule has 0 radical (unpaired) electrons. The zero-order chi connectivity index (χ0) is 12.7. The molecule has 0 saturated carbocycles. The number of alkyl halides is 1. The number of benzene rings is 2. The molecule has 0 N–H and O–H groups in total. The van der Waals surface area contributed by atoms with Crippen molar-refractivity contribution in [2.75, 3.05) is 0 Å². The van der Waals surface area contributed by atoms with E-state index in [1.54, 1.807) is 0 Å². The molecule has 0 heterocycles. The van der Waals surface area contributed by atoms with Crippen LogP contribution in [-0.2, 0) is 0 Å². The van der Waals surface area contributed by atoms with E-state index < -0.39 is 0 Å². The van der Waals surface area contributed by atoms with Crippen molar-refractivity contribution in [2.45, 2.75) is 10.7 Å². The van der Waals surface area contributed by atoms with E-state index in [-0.39, 0.29) is 16.5 Å². The van der Waals surface area contributed by atoms with E-state index in [9.17, 15) is 4.79 Å². The van der Waals surface area contributed by atoms with E-state index in [4.69, 9.17) is 11.6 Å². The molecule has 1 aliphatic rings. The predicted molar refractivity (Wildman–Crippen MR) is 76.8 cm³/mol. The average Bonchev–Trinajstić information content (AvgIpc) is 2.64. The summed E-state index contributed by atoms with van der Waals surface area (Å²) < 4.78 is 0. The molecule has 2 unspecified atom stereocenters. The summed E-state index contributed by atoms with van der Waals surface area (Å²) in [4.78, 5) is 12.0. The van der Waals surface area contributed by atoms with Crippen LogP contribution in [0.3, 0.4) is 0 Å². The molecular formula is C15H10BrClO. The molecule has 2 atom stereocenters. The Bertz CT molecular complexity index is 623. The number of Topliss-reactive ketones (excluding diaryl/α,β-unsaturated/α-hetero) is 1. The van der Waals surface area contributed by atoms with Gasteiger partial charge in [0.25, 0.3) is 0 Å². The van der Waals surface area contributed by atoms with E-state index in [1.807, 2.05) is 48.5 Å². The number of rotatable bonds is 1. The molecule has 0 aliphatic heterocycles. The fourth-order valence-electron chi connectivity index (χ4n) is 2.50. The quantitative estimate of drug-likeness (QED) is 0.710. The van der Waals surface area contributed by atoms with Gasteiger partial charge in [0.2, 0.25) is 0 Å². The van der Waals surface area contributed by atoms with Crippen LogP contribution in [0.5, 0.6) is 0 Å². The Balaban J connectivity index is 2.20. The molecule has 0 aromatic heterocycles. The van der Waals surface area contributed by atoms with Crippen molar-refractivity contribution >= 4 is 33.3 Å². The minimum atomic E-state index is -0.227. The Morgan fingerprint density at radius 1 is 0.944 bits per heavy atom. The first-order chi connectivity index (χ1) is 8.70. The highest BCUT2D eigenvalue weighted by Crippen LogP contribution is 2.43. The first-order valence-electron chi connectivity index (χ1n) is 5.72. The van der Waals surface area contributed by atoms with Gasteiger partial charge in [-0.25, -0.2) is 0 Å². The normalized spacial score (nSPS) is 22.0. The molecule has 0 amide bonds. The monoisotopic (exact) mass is 320 g/mol. The molecule has 2 aromatic carbocycles. The number of ketones is 1. The minimum absolute atomic E-state index is 0.00222. The zero-order valence-electron chi connectivity index (χ0n) is 9.44. The van der Waals surface area contributed by atoms with Gasteiger partial charge in [-0.15, -0.1) is 0 Å². The van der Waals surface area contributed by atoms with Gasteiger partial charge in [0.05, 0.1) is 4.83 Å². The van der Waals surface area contributed by atoms with Crippen molar-refractivity contribution in [2.24, 2.45) is 0 Å². The van der Waals surface area contributed by atoms with Gasteiger partial charge < -0.3 is 0 Å². The van der Waals surface area contributed by atoms with E-state index in [1.165, 1.54) is 0 Å². The van der Waals surface area contributed by atoms with Crippen molar-refractivity contribution in [3.63, 3.8) is 0 Å². The van der Waals surface area contributed by atoms with Crippen LogP contribution in [0.4, 0.5) is 0 Å². The fourth-order valence-corrected chi connectivity index (χ4v) is 3.57. The molecule has 0 saturated heterocycles. The van der Waals surface area contributed by atoms with Crippen LogP contribution in [0, 0.1) is 0 Å². The maximum absolute atomic E-state index is 12.2. The highest BCUT2D eigenvalue weighted by atomic mass is 79.9. The van der Waals surface area contributed by atoms with E-state index in [2.05, 4.69) is 15.9 Å². The number of carbonyl (C=O) groups is 1. The lowest BCUT2D eigenvalue weighted by atomic mass is 9.93. The molecule has 2 aromatic rings. The standard InChI is InChI=1S/C15H10BrClO/c16-14-13(11-7-3-4-8-12(11)17)9-5-1-2-6-10(9)15(14)18/h1-8,13-14H. The average molecular weight is 322 g/mol. The third kappa shape index (κ3) is 1.72. The van der Waals surface area contributed by atoms with Crippen molar-refractivity contribution in [3.05, 3.63) is 70.2 Å². The summed E-state index contributed by atoms with van der Waals surface area (Å²) in [7, 11) is 0. The predicted octanol–water partition coefficient (Wildman–Crippen LogP) is 4.43. The maximum Gasteiger partial charge on any atom is 0.177 e. The van der Waals surface area contributed by atoms with Crippen LogP contribution in [-0.4, -0.2) is 10.6 Å². The SMILES string of the molecule is O=C1c2ccccc2C(c2ccccc2Cl)C1Br. The Kier molecular flexibility index (Phi) is 3.00. The van der Waals surface area contributed by atoms with Crippen LogP contribution in [0.1, 0.15) is 27.4 Å². The van der Waals surface area contributed by atoms with Gasteiger partial charge in [-0.05, 0) is 17.2 Å². The largest absolute Gasteiger partial charge is 0.293 e. The van der Waals surface area contributed by atoms with Gasteiger partial charge in [-0.1, -0.05) is 70.0 Å². The molecule has 0 spiro atoms. The van der Waals surface area contributed by atoms with Crippen LogP contribution < -0.4 is 0 Å². The summed E-state index contributed by atoms with van der Waals surface area (Å²) in [6.07, 6.45) is 0. The lowest BCUT2D eigenvalue weighted by Crippen LogP contribution is -2.13. The smallest absolute Gasteiger partial charge is 0.177 e. The molecule has 0 bridgehead atoms. The summed E-state index contributed by atoms with van der Waals surface area (Å²) in [6, 6.07) is 15.4. The Labute approximate surface area is 119 Å². The van der Waals surface area contributed by atoms with Gasteiger partial charge >= 0.3 is 0 Å². The summed E-state index contributed by atoms with van der Waals surface area (Å²) in [6.45, 7) is 0. The fraction of sp³-hybridized carbons (Fsp3) is 0.133. The number of halogens is 2. The second-order valence-electron chi connectivity index (χ2n) is 4.35. The first-order valence-corrected chi connectivity index (χ1v) is 7.01. The molecule has 90 valence electrons. The first kappa shape index (κ1) is 11.9. The molecule has 0 fully saturated rings. The zero-order valence-corrected chi connectivity index (χ0v) is 11.8. The second-order valence-corrected chi connectivity index (χ2v) is 5.75. The van der Waals surface area contributed by atoms with Gasteiger partial charge in [-0.3, -0.25) is 4.79 Å². The van der Waals surface area contributed by atoms with Crippen molar-refractivity contribution < 1.29 is 4.79 Å². The lowest BCUT2D eigenvalue weighted by Gasteiger charge is -2.16. The Hall–Kier alpha value is -1.12. The summed E-state index contributed by atoms with van der Waals surface area (Å²) in [5.41, 5.74) is 2.85. The topological polar surface area (TPSA) is 17.1 Å². The molecule has 3 heteroatoms. The van der Waals surface area contributed by atoms with E-state index in [0.717, 1.165) is 16.7 Å². The van der Waals surface area contributed by atoms with Crippen molar-refractivity contribution in [1.82, 2.24) is 0 Å². The third-order valence-electron chi connectivity index (χ3n) is 3.34. The van der Waals surface area contributed by atoms with Gasteiger partial charge in [-0.2, -0.15) is 0 Å². The maximum atomic E-state index is 12.2. The summed E-state index contributed by atoms with van der Waals surface area (Å²) >= 11 is 9.77. The van der Waals surface area contributed by atoms with Crippen molar-refractivity contribution in [1.29, 1.82) is 0 Å². The molecule has 3 rings (SSSR count). The Morgan fingerprint density at radius 2 is 1.56 bits per heavy atom. The summed E-state index contributed by atoms with van der Waals surface area (Å²) in [5.74, 6) is 0.137. The minimum Gasteiger partial charge on any atom is -0.293 e. The molecule has 18 heavy (non-hydrogen) atoms. The molecular weight excluding hydrogens is 312 g/mol. The van der Waals surface area contributed by atoms with Crippen LogP contribution >= 0.6 is 27.5 Å². The lowest BCUT2D eigenvalue weighted by molar-refractivity contribution is 0.0999. The Morgan fingerprint density at radius 3 is 2.28 bits per heavy atom. The number of hydrogen-bond donors (Lipinski definition) is 0. The van der Waals surface area contributed by atoms with Gasteiger partial charge in [0, 0.05) is 16.5 Å². The van der Waals surface area contributed by atoms with Gasteiger partial charge in [0.1, 0.15) is 0 Å². The highest BCUT2D eigenvalue weighted by Gasteiger charge is 2.39. The number of hydrogen-bond acceptors (Lipinski definition) is 1. The van der Waals surface area contributed by atoms with Crippen LogP contribution in [0.15, 0.2) is 48.5 Å². The van der Waals surface area contributed by atoms with Crippen molar-refractivity contribution in [3.8, 4) is 0 Å². The van der Waals surface area contributed by atoms with Gasteiger partial charge in [0.15, 0.2) is 5.78 Å². The summed E-state index contributed by atoms with van der Waals surface area (Å²) in [5, 5.41) is 0.705. The third-order valence-corrected chi connectivity index (χ3v) is 4.63. The highest BCUT2D eigenvalue weighted by molar-refractivity contribution is 9.10. The van der Waals surface area contributed by atoms with E-state index in [0.29, 0.717) is 5.02 Å². The molecule has 1 aliphatic carbocycles. The number of fused-ring (bicyclic) bond motifs is 1.